The molecule has 0 aliphatic carbocycles. The van der Waals surface area contributed by atoms with E-state index in [9.17, 15) is 14.9 Å². The summed E-state index contributed by atoms with van der Waals surface area (Å²) in [7, 11) is 0. The molecule has 8 nitrogen and oxygen atoms in total. The molecule has 8 heteroatoms. The maximum atomic E-state index is 12.1. The van der Waals surface area contributed by atoms with Gasteiger partial charge < -0.3 is 10.7 Å². The number of benzene rings is 2. The van der Waals surface area contributed by atoms with Gasteiger partial charge in [-0.2, -0.15) is 0 Å². The van der Waals surface area contributed by atoms with E-state index in [2.05, 4.69) is 15.2 Å². The minimum absolute atomic E-state index is 0.120. The van der Waals surface area contributed by atoms with Crippen LogP contribution < -0.4 is 5.73 Å². The zero-order valence-electron chi connectivity index (χ0n) is 11.8. The average molecular weight is 309 g/mol. The van der Waals surface area contributed by atoms with Crippen molar-refractivity contribution in [2.24, 2.45) is 10.2 Å². The van der Waals surface area contributed by atoms with Crippen molar-refractivity contribution >= 4 is 34.0 Å². The third-order valence-corrected chi connectivity index (χ3v) is 3.30. The second-order valence-corrected chi connectivity index (χ2v) is 4.71. The molecule has 0 saturated heterocycles. The van der Waals surface area contributed by atoms with E-state index >= 15 is 0 Å². The van der Waals surface area contributed by atoms with Crippen LogP contribution in [0.3, 0.4) is 0 Å². The zero-order chi connectivity index (χ0) is 16.4. The summed E-state index contributed by atoms with van der Waals surface area (Å²) in [4.78, 5) is 25.2. The average Bonchev–Trinajstić information content (AvgIpc) is 2.89. The second-order valence-electron chi connectivity index (χ2n) is 4.71. The Labute approximate surface area is 129 Å². The Morgan fingerprint density at radius 1 is 1.09 bits per heavy atom. The smallest absolute Gasteiger partial charge is 0.302 e. The Balaban J connectivity index is 1.97. The SMILES string of the molecule is Nc1[nH]c(N=NC(=O)c2ccccc2[N+](=O)[O-])c2ccccc12. The molecule has 0 saturated carbocycles. The van der Waals surface area contributed by atoms with E-state index in [1.807, 2.05) is 12.1 Å². The number of nitrogens with zero attached hydrogens (tertiary/aromatic N) is 3. The summed E-state index contributed by atoms with van der Waals surface area (Å²) < 4.78 is 0. The number of carbonyl (C=O) groups excluding carboxylic acids is 1. The topological polar surface area (TPSA) is 127 Å². The van der Waals surface area contributed by atoms with Gasteiger partial charge in [-0.15, -0.1) is 10.2 Å². The van der Waals surface area contributed by atoms with Crippen LogP contribution in [0.4, 0.5) is 17.3 Å². The molecule has 1 amide bonds. The summed E-state index contributed by atoms with van der Waals surface area (Å²) in [5.74, 6) is -0.0627. The molecule has 3 N–H and O–H groups in total. The first-order chi connectivity index (χ1) is 11.1. The predicted octanol–water partition coefficient (Wildman–Crippen LogP) is 3.58. The lowest BCUT2D eigenvalue weighted by Gasteiger charge is -1.96. The van der Waals surface area contributed by atoms with Gasteiger partial charge in [0, 0.05) is 16.8 Å². The number of anilines is 1. The van der Waals surface area contributed by atoms with E-state index in [4.69, 9.17) is 5.73 Å². The van der Waals surface area contributed by atoms with Gasteiger partial charge in [-0.1, -0.05) is 36.4 Å². The fourth-order valence-corrected chi connectivity index (χ4v) is 2.23. The van der Waals surface area contributed by atoms with Crippen molar-refractivity contribution in [3.8, 4) is 0 Å². The summed E-state index contributed by atoms with van der Waals surface area (Å²) in [5.41, 5.74) is 5.39. The van der Waals surface area contributed by atoms with E-state index in [0.717, 1.165) is 5.39 Å². The van der Waals surface area contributed by atoms with Crippen LogP contribution in [0, 0.1) is 10.1 Å². The normalized spacial score (nSPS) is 11.1. The number of amides is 1. The van der Waals surface area contributed by atoms with Gasteiger partial charge in [-0.3, -0.25) is 14.9 Å². The van der Waals surface area contributed by atoms with Crippen LogP contribution in [0.1, 0.15) is 10.4 Å². The summed E-state index contributed by atoms with van der Waals surface area (Å²) in [6.45, 7) is 0. The molecular formula is C15H11N5O3. The van der Waals surface area contributed by atoms with E-state index in [1.165, 1.54) is 24.3 Å². The third kappa shape index (κ3) is 2.64. The number of nitro benzene ring substituents is 1. The van der Waals surface area contributed by atoms with Gasteiger partial charge in [0.2, 0.25) is 0 Å². The highest BCUT2D eigenvalue weighted by Crippen LogP contribution is 2.30. The Hall–Kier alpha value is -3.55. The number of nitrogens with one attached hydrogen (secondary N) is 1. The van der Waals surface area contributed by atoms with Crippen molar-refractivity contribution in [1.82, 2.24) is 4.98 Å². The summed E-state index contributed by atoms with van der Waals surface area (Å²) in [5, 5.41) is 19.8. The molecule has 3 aromatic rings. The van der Waals surface area contributed by atoms with Crippen LogP contribution in [-0.4, -0.2) is 15.8 Å². The standard InChI is InChI=1S/C15H11N5O3/c16-13-9-5-1-2-6-10(9)14(17-13)18-19-15(21)11-7-3-4-8-12(11)20(22)23/h1-8,17H,16H2. The summed E-state index contributed by atoms with van der Waals surface area (Å²) >= 11 is 0. The second kappa shape index (κ2) is 5.68. The van der Waals surface area contributed by atoms with Crippen LogP contribution in [0.5, 0.6) is 0 Å². The molecule has 3 rings (SSSR count). The lowest BCUT2D eigenvalue weighted by atomic mass is 10.2. The van der Waals surface area contributed by atoms with Crippen molar-refractivity contribution in [2.75, 3.05) is 5.73 Å². The summed E-state index contributed by atoms with van der Waals surface area (Å²) in [6, 6.07) is 12.8. The van der Waals surface area contributed by atoms with Crippen molar-refractivity contribution in [1.29, 1.82) is 0 Å². The van der Waals surface area contributed by atoms with Crippen molar-refractivity contribution in [2.45, 2.75) is 0 Å². The lowest BCUT2D eigenvalue weighted by molar-refractivity contribution is -0.385. The lowest BCUT2D eigenvalue weighted by Crippen LogP contribution is -2.00. The molecule has 0 aliphatic heterocycles. The molecular weight excluding hydrogens is 298 g/mol. The van der Waals surface area contributed by atoms with Gasteiger partial charge in [0.15, 0.2) is 5.82 Å². The van der Waals surface area contributed by atoms with Gasteiger partial charge in [-0.05, 0) is 6.07 Å². The minimum atomic E-state index is -0.797. The first-order valence-corrected chi connectivity index (χ1v) is 6.63. The Morgan fingerprint density at radius 2 is 1.74 bits per heavy atom. The molecule has 0 radical (unpaired) electrons. The monoisotopic (exact) mass is 309 g/mol. The third-order valence-electron chi connectivity index (χ3n) is 3.30. The summed E-state index contributed by atoms with van der Waals surface area (Å²) in [6.07, 6.45) is 0. The largest absolute Gasteiger partial charge is 0.385 e. The molecule has 0 atom stereocenters. The number of para-hydroxylation sites is 1. The predicted molar refractivity (Wildman–Crippen MR) is 84.7 cm³/mol. The van der Waals surface area contributed by atoms with Crippen molar-refractivity contribution in [3.63, 3.8) is 0 Å². The van der Waals surface area contributed by atoms with Gasteiger partial charge in [0.1, 0.15) is 11.4 Å². The molecule has 114 valence electrons. The molecule has 0 unspecified atom stereocenters. The number of nitrogens with two attached hydrogens (primary N) is 1. The maximum Gasteiger partial charge on any atom is 0.302 e. The molecule has 1 aromatic heterocycles. The number of hydrogen-bond acceptors (Lipinski definition) is 5. The highest BCUT2D eigenvalue weighted by Gasteiger charge is 2.19. The molecule has 0 bridgehead atoms. The molecule has 0 fully saturated rings. The number of fused-ring (bicyclic) bond motifs is 1. The van der Waals surface area contributed by atoms with E-state index < -0.39 is 10.8 Å². The number of rotatable bonds is 3. The molecule has 1 heterocycles. The van der Waals surface area contributed by atoms with Gasteiger partial charge in [0.25, 0.3) is 5.69 Å². The quantitative estimate of drug-likeness (QED) is 0.435. The van der Waals surface area contributed by atoms with Gasteiger partial charge in [0.05, 0.1) is 4.92 Å². The fourth-order valence-electron chi connectivity index (χ4n) is 2.23. The van der Waals surface area contributed by atoms with Gasteiger partial charge in [-0.25, -0.2) is 0 Å². The number of H-pyrrole nitrogens is 1. The highest BCUT2D eigenvalue weighted by molar-refractivity contribution is 6.01. The van der Waals surface area contributed by atoms with Gasteiger partial charge >= 0.3 is 5.91 Å². The van der Waals surface area contributed by atoms with Crippen LogP contribution in [-0.2, 0) is 0 Å². The first-order valence-electron chi connectivity index (χ1n) is 6.63. The Bertz CT molecular complexity index is 945. The zero-order valence-corrected chi connectivity index (χ0v) is 11.8. The van der Waals surface area contributed by atoms with Crippen LogP contribution in [0.15, 0.2) is 58.8 Å². The Kier molecular flexibility index (Phi) is 3.55. The Morgan fingerprint density at radius 3 is 2.48 bits per heavy atom. The fraction of sp³-hybridized carbons (Fsp3) is 0. The first kappa shape index (κ1) is 14.4. The van der Waals surface area contributed by atoms with Crippen LogP contribution in [0.25, 0.3) is 10.8 Å². The molecule has 0 aliphatic rings. The number of aromatic amines is 1. The van der Waals surface area contributed by atoms with Crippen LogP contribution >= 0.6 is 0 Å². The van der Waals surface area contributed by atoms with E-state index in [0.29, 0.717) is 17.0 Å². The maximum absolute atomic E-state index is 12.1. The molecule has 23 heavy (non-hydrogen) atoms. The van der Waals surface area contributed by atoms with Crippen LogP contribution in [0.2, 0.25) is 0 Å². The minimum Gasteiger partial charge on any atom is -0.385 e. The van der Waals surface area contributed by atoms with Crippen molar-refractivity contribution < 1.29 is 9.72 Å². The van der Waals surface area contributed by atoms with E-state index in [1.54, 1.807) is 12.1 Å². The molecule has 0 spiro atoms. The van der Waals surface area contributed by atoms with E-state index in [-0.39, 0.29) is 11.3 Å². The number of carbonyl (C=O) groups is 1. The highest BCUT2D eigenvalue weighted by atomic mass is 16.6. The number of aromatic nitrogens is 1. The number of hydrogen-bond donors (Lipinski definition) is 2. The molecule has 2 aromatic carbocycles. The van der Waals surface area contributed by atoms with Crippen molar-refractivity contribution in [3.05, 3.63) is 64.2 Å². The number of nitro groups is 1. The number of azo groups is 1. The number of nitrogen functional groups attached to an aromatic ring is 1.